The number of aliphatic imine (C=N–C) groups is 1. The van der Waals surface area contributed by atoms with Gasteiger partial charge in [0.2, 0.25) is 0 Å². The normalized spacial score (nSPS) is 16.1. The number of hydrogen-bond donors (Lipinski definition) is 0. The fourth-order valence-electron chi connectivity index (χ4n) is 2.73. The van der Waals surface area contributed by atoms with Crippen molar-refractivity contribution in [3.8, 4) is 5.75 Å². The number of carbonyl (C=O) groups excluding carboxylic acids is 2. The SMILES string of the molecule is COCCN1C(=O)/C(=C/c2cc(Cl)c(OCC(=O)OC)c(Br)c2)SC1=Nc1ccccc1. The lowest BCUT2D eigenvalue weighted by molar-refractivity contribution is -0.142. The standard InChI is InChI=1S/C22H20BrClN2O5S/c1-29-9-8-26-21(28)18(32-22(26)25-15-6-4-3-5-7-15)12-14-10-16(23)20(17(24)11-14)31-13-19(27)30-2/h3-7,10-12H,8-9,13H2,1-2H3/b18-12-,25-22?. The van der Waals surface area contributed by atoms with Crippen molar-refractivity contribution in [1.82, 2.24) is 4.90 Å². The molecular weight excluding hydrogens is 520 g/mol. The first kappa shape index (κ1) is 24.3. The van der Waals surface area contributed by atoms with Crippen LogP contribution in [0.3, 0.4) is 0 Å². The summed E-state index contributed by atoms with van der Waals surface area (Å²) in [5, 5.41) is 0.868. The lowest BCUT2D eigenvalue weighted by atomic mass is 10.2. The van der Waals surface area contributed by atoms with Gasteiger partial charge in [-0.05, 0) is 63.6 Å². The number of hydrogen-bond acceptors (Lipinski definition) is 7. The summed E-state index contributed by atoms with van der Waals surface area (Å²) in [6.45, 7) is 0.504. The number of amides is 1. The number of halogens is 2. The van der Waals surface area contributed by atoms with Gasteiger partial charge in [-0.2, -0.15) is 0 Å². The molecule has 1 fully saturated rings. The number of methoxy groups -OCH3 is 2. The fourth-order valence-corrected chi connectivity index (χ4v) is 4.74. The molecule has 0 bridgehead atoms. The molecule has 0 radical (unpaired) electrons. The van der Waals surface area contributed by atoms with Crippen LogP contribution in [-0.4, -0.2) is 55.9 Å². The molecule has 0 unspecified atom stereocenters. The molecule has 0 aliphatic carbocycles. The molecule has 32 heavy (non-hydrogen) atoms. The van der Waals surface area contributed by atoms with E-state index in [1.54, 1.807) is 30.2 Å². The zero-order chi connectivity index (χ0) is 23.1. The van der Waals surface area contributed by atoms with Gasteiger partial charge in [-0.15, -0.1) is 0 Å². The maximum atomic E-state index is 13.0. The number of para-hydroxylation sites is 1. The van der Waals surface area contributed by atoms with E-state index in [9.17, 15) is 9.59 Å². The van der Waals surface area contributed by atoms with Crippen LogP contribution in [0.4, 0.5) is 5.69 Å². The van der Waals surface area contributed by atoms with Crippen molar-refractivity contribution >= 4 is 68.1 Å². The van der Waals surface area contributed by atoms with E-state index in [1.807, 2.05) is 30.3 Å². The van der Waals surface area contributed by atoms with Crippen LogP contribution in [0.2, 0.25) is 5.02 Å². The molecule has 1 aliphatic heterocycles. The van der Waals surface area contributed by atoms with Crippen LogP contribution in [0, 0.1) is 0 Å². The third kappa shape index (κ3) is 6.13. The predicted molar refractivity (Wildman–Crippen MR) is 129 cm³/mol. The maximum Gasteiger partial charge on any atom is 0.343 e. The second kappa shape index (κ2) is 11.5. The number of carbonyl (C=O) groups is 2. The predicted octanol–water partition coefficient (Wildman–Crippen LogP) is 4.90. The molecule has 0 N–H and O–H groups in total. The lowest BCUT2D eigenvalue weighted by Crippen LogP contribution is -2.32. The third-order valence-electron chi connectivity index (χ3n) is 4.27. The van der Waals surface area contributed by atoms with E-state index in [-0.39, 0.29) is 12.5 Å². The van der Waals surface area contributed by atoms with Crippen molar-refractivity contribution in [2.24, 2.45) is 4.99 Å². The highest BCUT2D eigenvalue weighted by Crippen LogP contribution is 2.38. The highest BCUT2D eigenvalue weighted by Gasteiger charge is 2.33. The van der Waals surface area contributed by atoms with Gasteiger partial charge in [0, 0.05) is 7.11 Å². The fraction of sp³-hybridized carbons (Fsp3) is 0.227. The number of nitrogens with zero attached hydrogens (tertiary/aromatic N) is 2. The Kier molecular flexibility index (Phi) is 8.75. The van der Waals surface area contributed by atoms with E-state index >= 15 is 0 Å². The van der Waals surface area contributed by atoms with Crippen molar-refractivity contribution in [2.75, 3.05) is 34.0 Å². The van der Waals surface area contributed by atoms with E-state index in [4.69, 9.17) is 21.1 Å². The summed E-state index contributed by atoms with van der Waals surface area (Å²) < 4.78 is 15.7. The summed E-state index contributed by atoms with van der Waals surface area (Å²) in [5.41, 5.74) is 1.44. The maximum absolute atomic E-state index is 13.0. The van der Waals surface area contributed by atoms with Gasteiger partial charge in [0.25, 0.3) is 5.91 Å². The Morgan fingerprint density at radius 3 is 2.66 bits per heavy atom. The Hall–Kier alpha value is -2.33. The van der Waals surface area contributed by atoms with Gasteiger partial charge in [0.05, 0.1) is 40.3 Å². The summed E-state index contributed by atoms with van der Waals surface area (Å²) in [4.78, 5) is 31.1. The Bertz CT molecular complexity index is 1040. The van der Waals surface area contributed by atoms with Crippen LogP contribution < -0.4 is 4.74 Å². The molecule has 168 valence electrons. The molecule has 0 saturated carbocycles. The number of esters is 1. The molecule has 1 aliphatic rings. The van der Waals surface area contributed by atoms with Crippen LogP contribution in [0.15, 0.2) is 56.8 Å². The number of benzene rings is 2. The number of amidine groups is 1. The molecule has 1 saturated heterocycles. The minimum atomic E-state index is -0.520. The average molecular weight is 540 g/mol. The first-order valence-electron chi connectivity index (χ1n) is 9.45. The van der Waals surface area contributed by atoms with Crippen molar-refractivity contribution in [3.63, 3.8) is 0 Å². The molecule has 2 aromatic carbocycles. The van der Waals surface area contributed by atoms with E-state index < -0.39 is 5.97 Å². The Balaban J connectivity index is 1.88. The van der Waals surface area contributed by atoms with E-state index in [0.717, 1.165) is 5.69 Å². The van der Waals surface area contributed by atoms with Gasteiger partial charge in [-0.25, -0.2) is 9.79 Å². The molecule has 3 rings (SSSR count). The molecule has 0 aromatic heterocycles. The van der Waals surface area contributed by atoms with Gasteiger partial charge in [0.1, 0.15) is 0 Å². The molecule has 10 heteroatoms. The second-order valence-electron chi connectivity index (χ2n) is 6.47. The minimum Gasteiger partial charge on any atom is -0.479 e. The second-order valence-corrected chi connectivity index (χ2v) is 8.74. The van der Waals surface area contributed by atoms with Crippen LogP contribution in [0.1, 0.15) is 5.56 Å². The lowest BCUT2D eigenvalue weighted by Gasteiger charge is -2.14. The van der Waals surface area contributed by atoms with Crippen LogP contribution in [0.25, 0.3) is 6.08 Å². The van der Waals surface area contributed by atoms with Crippen LogP contribution in [-0.2, 0) is 19.1 Å². The monoisotopic (exact) mass is 538 g/mol. The highest BCUT2D eigenvalue weighted by molar-refractivity contribution is 9.10. The number of thioether (sulfide) groups is 1. The van der Waals surface area contributed by atoms with Crippen molar-refractivity contribution in [1.29, 1.82) is 0 Å². The summed E-state index contributed by atoms with van der Waals surface area (Å²) in [6.07, 6.45) is 1.74. The first-order chi connectivity index (χ1) is 15.4. The van der Waals surface area contributed by atoms with Gasteiger partial charge in [-0.3, -0.25) is 9.69 Å². The largest absolute Gasteiger partial charge is 0.479 e. The summed E-state index contributed by atoms with van der Waals surface area (Å²) in [7, 11) is 2.86. The Morgan fingerprint density at radius 2 is 2.00 bits per heavy atom. The molecule has 7 nitrogen and oxygen atoms in total. The molecule has 1 heterocycles. The van der Waals surface area contributed by atoms with Gasteiger partial charge < -0.3 is 14.2 Å². The summed E-state index contributed by atoms with van der Waals surface area (Å²) in [5.74, 6) is -0.369. The third-order valence-corrected chi connectivity index (χ3v) is 6.14. The quantitative estimate of drug-likeness (QED) is 0.351. The molecular formula is C22H20BrClN2O5S. The van der Waals surface area contributed by atoms with Gasteiger partial charge in [0.15, 0.2) is 17.5 Å². The molecule has 2 aromatic rings. The molecule has 0 spiro atoms. The smallest absolute Gasteiger partial charge is 0.343 e. The van der Waals surface area contributed by atoms with Crippen molar-refractivity contribution < 1.29 is 23.8 Å². The Labute approximate surface area is 203 Å². The zero-order valence-corrected chi connectivity index (χ0v) is 20.5. The zero-order valence-electron chi connectivity index (χ0n) is 17.3. The van der Waals surface area contributed by atoms with Crippen LogP contribution in [0.5, 0.6) is 5.75 Å². The van der Waals surface area contributed by atoms with Gasteiger partial charge in [-0.1, -0.05) is 29.8 Å². The van der Waals surface area contributed by atoms with Crippen molar-refractivity contribution in [3.05, 3.63) is 62.4 Å². The van der Waals surface area contributed by atoms with E-state index in [1.165, 1.54) is 18.9 Å². The molecule has 0 atom stereocenters. The van der Waals surface area contributed by atoms with E-state index in [0.29, 0.717) is 44.0 Å². The van der Waals surface area contributed by atoms with Crippen molar-refractivity contribution in [2.45, 2.75) is 0 Å². The molecule has 1 amide bonds. The number of rotatable bonds is 8. The van der Waals surface area contributed by atoms with Crippen LogP contribution >= 0.6 is 39.3 Å². The average Bonchev–Trinajstić information content (AvgIpc) is 3.06. The summed E-state index contributed by atoms with van der Waals surface area (Å²) >= 11 is 11.0. The van der Waals surface area contributed by atoms with Gasteiger partial charge >= 0.3 is 5.97 Å². The summed E-state index contributed by atoms with van der Waals surface area (Å²) in [6, 6.07) is 12.8. The first-order valence-corrected chi connectivity index (χ1v) is 11.4. The van der Waals surface area contributed by atoms with E-state index in [2.05, 4.69) is 25.7 Å². The highest BCUT2D eigenvalue weighted by atomic mass is 79.9. The minimum absolute atomic E-state index is 0.167. The topological polar surface area (TPSA) is 77.4 Å². The Morgan fingerprint density at radius 1 is 1.25 bits per heavy atom. The number of ether oxygens (including phenoxy) is 3.